The smallest absolute Gasteiger partial charge is 0.317 e. The number of hydrogen-bond donors (Lipinski definition) is 5. The van der Waals surface area contributed by atoms with Gasteiger partial charge in [-0.1, -0.05) is 24.3 Å². The summed E-state index contributed by atoms with van der Waals surface area (Å²) < 4.78 is 63.3. The lowest BCUT2D eigenvalue weighted by Crippen LogP contribution is -2.34. The molecule has 14 heteroatoms. The van der Waals surface area contributed by atoms with Crippen LogP contribution in [0.5, 0.6) is 0 Å². The number of nitrogens with two attached hydrogens (primary N) is 1. The first-order valence-electron chi connectivity index (χ1n) is 16.8. The summed E-state index contributed by atoms with van der Waals surface area (Å²) in [5.74, 6) is -8.57. The zero-order valence-corrected chi connectivity index (χ0v) is 23.1. The molecule has 4 aromatic rings. The Labute approximate surface area is 268 Å². The number of carboxylic acid groups (broad SMARTS) is 4. The van der Waals surface area contributed by atoms with Crippen LogP contribution in [-0.4, -0.2) is 95.0 Å². The van der Waals surface area contributed by atoms with Crippen molar-refractivity contribution in [2.45, 2.75) is 13.1 Å². The van der Waals surface area contributed by atoms with Crippen molar-refractivity contribution in [2.24, 2.45) is 0 Å². The second-order valence-corrected chi connectivity index (χ2v) is 9.12. The fraction of sp³-hybridized carbons (Fsp3) is 0.194. The fourth-order valence-corrected chi connectivity index (χ4v) is 4.06. The summed E-state index contributed by atoms with van der Waals surface area (Å²) in [6.45, 7) is -15.8. The number of rotatable bonds is 15. The number of aliphatic carboxylic acids is 4. The first-order valence-corrected chi connectivity index (χ1v) is 12.8. The second-order valence-electron chi connectivity index (χ2n) is 9.12. The van der Waals surface area contributed by atoms with Gasteiger partial charge in [0.25, 0.3) is 0 Å². The summed E-state index contributed by atoms with van der Waals surface area (Å²) in [6.07, 6.45) is 0. The van der Waals surface area contributed by atoms with Gasteiger partial charge in [0, 0.05) is 18.8 Å². The maximum Gasteiger partial charge on any atom is 0.317 e. The van der Waals surface area contributed by atoms with Crippen molar-refractivity contribution in [2.75, 3.05) is 31.7 Å². The summed E-state index contributed by atoms with van der Waals surface area (Å²) in [5, 5.41) is 37.8. The molecule has 0 saturated carbocycles. The summed E-state index contributed by atoms with van der Waals surface area (Å²) in [5.41, 5.74) is 7.57. The van der Waals surface area contributed by atoms with Crippen LogP contribution in [0.4, 0.5) is 5.69 Å². The third-order valence-electron chi connectivity index (χ3n) is 5.77. The van der Waals surface area contributed by atoms with E-state index in [4.69, 9.17) is 16.7 Å². The normalized spacial score (nSPS) is 15.0. The Morgan fingerprint density at radius 3 is 1.36 bits per heavy atom. The van der Waals surface area contributed by atoms with Gasteiger partial charge in [0.15, 0.2) is 0 Å². The van der Waals surface area contributed by atoms with E-state index in [2.05, 4.69) is 15.0 Å². The van der Waals surface area contributed by atoms with Gasteiger partial charge in [-0.15, -0.1) is 0 Å². The van der Waals surface area contributed by atoms with Crippen LogP contribution < -0.4 is 5.73 Å². The molecule has 4 rings (SSSR count). The van der Waals surface area contributed by atoms with Crippen molar-refractivity contribution in [3.05, 3.63) is 84.2 Å². The predicted octanol–water partition coefficient (Wildman–Crippen LogP) is 2.40. The SMILES string of the molecule is [2H]C([2H])(C(=O)O)N(Cc1cccc(-c2cc(-c3ccc(N)cc3)cc(-c3cccc(CN(C([2H])([2H])C(=O)O)C([2H])([2H])C(=O)O)n3)n2)n1)C([2H])([2H])C(=O)O. The minimum Gasteiger partial charge on any atom is -0.480 e. The molecule has 45 heavy (non-hydrogen) atoms. The largest absolute Gasteiger partial charge is 0.480 e. The number of hydrogen-bond acceptors (Lipinski definition) is 10. The Kier molecular flexibility index (Phi) is 7.40. The number of anilines is 1. The number of nitrogen functional groups attached to an aromatic ring is 1. The van der Waals surface area contributed by atoms with Gasteiger partial charge in [0.1, 0.15) is 0 Å². The third kappa shape index (κ3) is 9.64. The minimum atomic E-state index is -3.49. The lowest BCUT2D eigenvalue weighted by Gasteiger charge is -2.18. The highest BCUT2D eigenvalue weighted by molar-refractivity contribution is 5.76. The second kappa shape index (κ2) is 14.6. The van der Waals surface area contributed by atoms with E-state index >= 15 is 0 Å². The molecule has 0 saturated heterocycles. The van der Waals surface area contributed by atoms with Gasteiger partial charge in [-0.25, -0.2) is 15.0 Å². The highest BCUT2D eigenvalue weighted by atomic mass is 16.4. The Bertz CT molecular complexity index is 1900. The van der Waals surface area contributed by atoms with Crippen molar-refractivity contribution < 1.29 is 50.6 Å². The first kappa shape index (κ1) is 22.8. The maximum atomic E-state index is 11.7. The average Bonchev–Trinajstić information content (AvgIpc) is 3.09. The molecule has 3 aromatic heterocycles. The Morgan fingerprint density at radius 2 is 0.978 bits per heavy atom. The summed E-state index contributed by atoms with van der Waals surface area (Å²) in [6, 6.07) is 18.1. The summed E-state index contributed by atoms with van der Waals surface area (Å²) in [4.78, 5) is 60.2. The standard InChI is InChI=1S/C31H30N6O8/c32-21-9-7-19(8-10-21)20-11-26(24-5-1-3-22(33-24)13-36(15-28(38)39)16-29(40)41)35-27(12-20)25-6-2-4-23(34-25)14-37(17-30(42)43)18-31(44)45/h1-12H,13-18,32H2,(H,38,39)(H,40,41)(H,42,43)(H,44,45)/i15D2,16D2,17D2,18D2. The quantitative estimate of drug-likeness (QED) is 0.120. The van der Waals surface area contributed by atoms with Crippen LogP contribution in [0.2, 0.25) is 0 Å². The van der Waals surface area contributed by atoms with Crippen LogP contribution in [0.3, 0.4) is 0 Å². The van der Waals surface area contributed by atoms with Crippen LogP contribution in [0.25, 0.3) is 33.9 Å². The molecule has 0 amide bonds. The van der Waals surface area contributed by atoms with E-state index < -0.39 is 63.0 Å². The molecule has 14 nitrogen and oxygen atoms in total. The van der Waals surface area contributed by atoms with Gasteiger partial charge in [-0.05, 0) is 59.7 Å². The molecular weight excluding hydrogens is 584 g/mol. The number of pyridine rings is 3. The minimum absolute atomic E-state index is 0.0152. The van der Waals surface area contributed by atoms with E-state index in [1.807, 2.05) is 0 Å². The fourth-order valence-electron chi connectivity index (χ4n) is 4.06. The highest BCUT2D eigenvalue weighted by Crippen LogP contribution is 2.30. The van der Waals surface area contributed by atoms with Crippen molar-refractivity contribution in [1.29, 1.82) is 0 Å². The van der Waals surface area contributed by atoms with Crippen molar-refractivity contribution >= 4 is 29.6 Å². The van der Waals surface area contributed by atoms with Crippen molar-refractivity contribution in [3.8, 4) is 33.9 Å². The lowest BCUT2D eigenvalue weighted by atomic mass is 10.0. The van der Waals surface area contributed by atoms with E-state index in [0.29, 0.717) is 16.8 Å². The molecule has 0 aliphatic carbocycles. The zero-order chi connectivity index (χ0) is 39.7. The molecule has 0 radical (unpaired) electrons. The summed E-state index contributed by atoms with van der Waals surface area (Å²) in [7, 11) is 0. The van der Waals surface area contributed by atoms with Crippen LogP contribution >= 0.6 is 0 Å². The Hall–Kier alpha value is -5.73. The van der Waals surface area contributed by atoms with E-state index in [9.17, 15) is 39.6 Å². The highest BCUT2D eigenvalue weighted by Gasteiger charge is 2.18. The number of carboxylic acids is 4. The Balaban J connectivity index is 1.86. The lowest BCUT2D eigenvalue weighted by molar-refractivity contribution is -0.144. The molecule has 232 valence electrons. The predicted molar refractivity (Wildman–Crippen MR) is 162 cm³/mol. The number of nitrogens with zero attached hydrogens (tertiary/aromatic N) is 5. The molecule has 1 aromatic carbocycles. The molecule has 0 fully saturated rings. The van der Waals surface area contributed by atoms with Gasteiger partial charge in [-0.3, -0.25) is 29.0 Å². The Morgan fingerprint density at radius 1 is 0.578 bits per heavy atom. The molecular formula is C31H30N6O8. The van der Waals surface area contributed by atoms with E-state index in [0.717, 1.165) is 0 Å². The molecule has 0 aliphatic heterocycles. The monoisotopic (exact) mass is 622 g/mol. The van der Waals surface area contributed by atoms with Crippen LogP contribution in [0.1, 0.15) is 22.4 Å². The maximum absolute atomic E-state index is 11.7. The molecule has 3 heterocycles. The van der Waals surface area contributed by atoms with E-state index in [1.165, 1.54) is 36.4 Å². The van der Waals surface area contributed by atoms with Crippen molar-refractivity contribution in [1.82, 2.24) is 24.8 Å². The van der Waals surface area contributed by atoms with Gasteiger partial charge in [-0.2, -0.15) is 0 Å². The van der Waals surface area contributed by atoms with Gasteiger partial charge < -0.3 is 26.2 Å². The molecule has 6 N–H and O–H groups in total. The third-order valence-corrected chi connectivity index (χ3v) is 5.77. The van der Waals surface area contributed by atoms with E-state index in [-0.39, 0.29) is 44.0 Å². The van der Waals surface area contributed by atoms with Gasteiger partial charge in [0.05, 0.1) is 71.1 Å². The molecule has 0 bridgehead atoms. The molecule has 0 atom stereocenters. The van der Waals surface area contributed by atoms with Gasteiger partial charge >= 0.3 is 23.9 Å². The average molecular weight is 623 g/mol. The van der Waals surface area contributed by atoms with Crippen LogP contribution in [0, 0.1) is 0 Å². The molecule has 0 spiro atoms. The topological polar surface area (TPSA) is 220 Å². The molecule has 0 unspecified atom stereocenters. The van der Waals surface area contributed by atoms with Crippen LogP contribution in [0.15, 0.2) is 72.8 Å². The molecule has 0 aliphatic rings. The number of benzene rings is 1. The first-order chi connectivity index (χ1) is 24.5. The number of aromatic nitrogens is 3. The zero-order valence-electron chi connectivity index (χ0n) is 31.1. The van der Waals surface area contributed by atoms with Gasteiger partial charge in [0.2, 0.25) is 0 Å². The summed E-state index contributed by atoms with van der Waals surface area (Å²) >= 11 is 0. The van der Waals surface area contributed by atoms with Crippen LogP contribution in [-0.2, 0) is 32.3 Å². The van der Waals surface area contributed by atoms with Crippen molar-refractivity contribution in [3.63, 3.8) is 0 Å². The number of carbonyl (C=O) groups is 4. The van der Waals surface area contributed by atoms with E-state index in [1.54, 1.807) is 36.4 Å².